The van der Waals surface area contributed by atoms with Crippen LogP contribution in [-0.2, 0) is 0 Å². The van der Waals surface area contributed by atoms with Crippen LogP contribution in [0, 0.1) is 0 Å². The molecule has 0 aromatic heterocycles. The standard InChI is InChI=1S/C8H20Si/c1-4-7-9-8(5-2)6-3/h8H,4-7,9H2,1-3H3. The number of rotatable bonds is 5. The molecule has 0 bridgehead atoms. The van der Waals surface area contributed by atoms with Crippen LogP contribution in [0.25, 0.3) is 0 Å². The molecule has 0 aliphatic rings. The van der Waals surface area contributed by atoms with Crippen molar-refractivity contribution in [2.45, 2.75) is 51.6 Å². The summed E-state index contributed by atoms with van der Waals surface area (Å²) in [6, 6.07) is 1.56. The second kappa shape index (κ2) is 6.34. The Kier molecular flexibility index (Phi) is 6.49. The molecule has 0 saturated heterocycles. The summed E-state index contributed by atoms with van der Waals surface area (Å²) in [5, 5.41) is 0. The zero-order chi connectivity index (χ0) is 7.11. The van der Waals surface area contributed by atoms with E-state index in [-0.39, 0.29) is 0 Å². The first kappa shape index (κ1) is 9.22. The van der Waals surface area contributed by atoms with Crippen LogP contribution in [0.3, 0.4) is 0 Å². The fraction of sp³-hybridized carbons (Fsp3) is 1.00. The first-order chi connectivity index (χ1) is 4.35. The lowest BCUT2D eigenvalue weighted by Gasteiger charge is -2.08. The van der Waals surface area contributed by atoms with Gasteiger partial charge in [0.05, 0.1) is 0 Å². The van der Waals surface area contributed by atoms with E-state index in [9.17, 15) is 0 Å². The maximum Gasteiger partial charge on any atom is 0.0231 e. The van der Waals surface area contributed by atoms with Crippen LogP contribution >= 0.6 is 0 Å². The van der Waals surface area contributed by atoms with E-state index in [1.165, 1.54) is 19.3 Å². The predicted octanol–water partition coefficient (Wildman–Crippen LogP) is 2.59. The lowest BCUT2D eigenvalue weighted by atomic mass is 10.3. The van der Waals surface area contributed by atoms with Crippen LogP contribution < -0.4 is 0 Å². The molecule has 1 heteroatoms. The molecule has 9 heavy (non-hydrogen) atoms. The molecule has 0 aromatic rings. The van der Waals surface area contributed by atoms with E-state index >= 15 is 0 Å². The Morgan fingerprint density at radius 1 is 1.11 bits per heavy atom. The van der Waals surface area contributed by atoms with Gasteiger partial charge < -0.3 is 0 Å². The topological polar surface area (TPSA) is 0 Å². The average molecular weight is 144 g/mol. The minimum atomic E-state index is 0.325. The molecule has 0 aliphatic heterocycles. The molecule has 56 valence electrons. The Morgan fingerprint density at radius 3 is 2.00 bits per heavy atom. The van der Waals surface area contributed by atoms with Crippen LogP contribution in [0.4, 0.5) is 0 Å². The summed E-state index contributed by atoms with van der Waals surface area (Å²) in [4.78, 5) is 0. The molecule has 0 aliphatic carbocycles. The van der Waals surface area contributed by atoms with E-state index in [1.54, 1.807) is 6.04 Å². The van der Waals surface area contributed by atoms with Crippen LogP contribution in [0.2, 0.25) is 11.6 Å². The molecule has 0 amide bonds. The molecule has 0 heterocycles. The van der Waals surface area contributed by atoms with Gasteiger partial charge in [0.25, 0.3) is 0 Å². The summed E-state index contributed by atoms with van der Waals surface area (Å²) < 4.78 is 0. The van der Waals surface area contributed by atoms with Crippen molar-refractivity contribution in [3.05, 3.63) is 0 Å². The van der Waals surface area contributed by atoms with Crippen LogP contribution in [0.15, 0.2) is 0 Å². The highest BCUT2D eigenvalue weighted by Gasteiger charge is 2.01. The minimum absolute atomic E-state index is 0.325. The zero-order valence-corrected chi connectivity index (χ0v) is 8.53. The van der Waals surface area contributed by atoms with Gasteiger partial charge in [0.15, 0.2) is 0 Å². The van der Waals surface area contributed by atoms with Crippen molar-refractivity contribution in [2.75, 3.05) is 0 Å². The fourth-order valence-electron chi connectivity index (χ4n) is 1.19. The van der Waals surface area contributed by atoms with Crippen molar-refractivity contribution < 1.29 is 0 Å². The summed E-state index contributed by atoms with van der Waals surface area (Å²) in [5.74, 6) is 0. The predicted molar refractivity (Wildman–Crippen MR) is 48.0 cm³/mol. The van der Waals surface area contributed by atoms with Gasteiger partial charge in [0.2, 0.25) is 0 Å². The third-order valence-corrected chi connectivity index (χ3v) is 5.21. The van der Waals surface area contributed by atoms with Crippen molar-refractivity contribution in [1.29, 1.82) is 0 Å². The Balaban J connectivity index is 3.09. The van der Waals surface area contributed by atoms with Crippen LogP contribution in [0.1, 0.15) is 40.0 Å². The molecule has 0 atom stereocenters. The van der Waals surface area contributed by atoms with Crippen molar-refractivity contribution in [2.24, 2.45) is 0 Å². The molecular weight excluding hydrogens is 124 g/mol. The highest BCUT2D eigenvalue weighted by molar-refractivity contribution is 6.37. The maximum absolute atomic E-state index is 2.33. The normalized spacial score (nSPS) is 12.0. The average Bonchev–Trinajstić information content (AvgIpc) is 1.91. The van der Waals surface area contributed by atoms with E-state index in [2.05, 4.69) is 20.8 Å². The molecule has 0 nitrogen and oxygen atoms in total. The van der Waals surface area contributed by atoms with Gasteiger partial charge in [-0.05, 0) is 0 Å². The molecule has 0 rings (SSSR count). The van der Waals surface area contributed by atoms with E-state index in [0.29, 0.717) is 9.52 Å². The van der Waals surface area contributed by atoms with Gasteiger partial charge in [0, 0.05) is 9.52 Å². The van der Waals surface area contributed by atoms with Gasteiger partial charge in [-0.3, -0.25) is 0 Å². The third kappa shape index (κ3) is 4.70. The highest BCUT2D eigenvalue weighted by Crippen LogP contribution is 2.14. The fourth-order valence-corrected chi connectivity index (χ4v) is 2.99. The monoisotopic (exact) mass is 144 g/mol. The van der Waals surface area contributed by atoms with Crippen molar-refractivity contribution in [1.82, 2.24) is 0 Å². The Morgan fingerprint density at radius 2 is 1.67 bits per heavy atom. The third-order valence-electron chi connectivity index (χ3n) is 2.12. The quantitative estimate of drug-likeness (QED) is 0.520. The molecule has 0 N–H and O–H groups in total. The summed E-state index contributed by atoms with van der Waals surface area (Å²) >= 11 is 0. The van der Waals surface area contributed by atoms with Gasteiger partial charge >= 0.3 is 0 Å². The molecule has 0 aromatic carbocycles. The van der Waals surface area contributed by atoms with Crippen molar-refractivity contribution >= 4 is 9.52 Å². The molecule has 0 fully saturated rings. The van der Waals surface area contributed by atoms with Gasteiger partial charge in [-0.25, -0.2) is 0 Å². The van der Waals surface area contributed by atoms with Gasteiger partial charge in [0.1, 0.15) is 0 Å². The van der Waals surface area contributed by atoms with Crippen LogP contribution in [0.5, 0.6) is 0 Å². The Labute approximate surface area is 61.9 Å². The summed E-state index contributed by atoms with van der Waals surface area (Å²) in [6.45, 7) is 6.96. The van der Waals surface area contributed by atoms with Crippen molar-refractivity contribution in [3.8, 4) is 0 Å². The van der Waals surface area contributed by atoms with E-state index in [1.807, 2.05) is 0 Å². The highest BCUT2D eigenvalue weighted by atomic mass is 28.2. The second-order valence-electron chi connectivity index (χ2n) is 2.82. The molecule has 0 radical (unpaired) electrons. The second-order valence-corrected chi connectivity index (χ2v) is 5.26. The Bertz CT molecular complexity index is 48.5. The maximum atomic E-state index is 2.33. The van der Waals surface area contributed by atoms with E-state index < -0.39 is 0 Å². The van der Waals surface area contributed by atoms with Crippen LogP contribution in [-0.4, -0.2) is 9.52 Å². The first-order valence-corrected chi connectivity index (χ1v) is 6.16. The molecule has 0 unspecified atom stereocenters. The van der Waals surface area contributed by atoms with Crippen molar-refractivity contribution in [3.63, 3.8) is 0 Å². The van der Waals surface area contributed by atoms with Gasteiger partial charge in [-0.1, -0.05) is 51.6 Å². The summed E-state index contributed by atoms with van der Waals surface area (Å²) in [5.41, 5.74) is 1.14. The zero-order valence-electron chi connectivity index (χ0n) is 7.11. The summed E-state index contributed by atoms with van der Waals surface area (Å²) in [6.07, 6.45) is 4.29. The largest absolute Gasteiger partial charge is 0.0657 e. The molecule has 0 saturated carbocycles. The number of hydrogen-bond donors (Lipinski definition) is 0. The lowest BCUT2D eigenvalue weighted by molar-refractivity contribution is 0.753. The molecule has 0 spiro atoms. The summed E-state index contributed by atoms with van der Waals surface area (Å²) in [7, 11) is 0.325. The number of hydrogen-bond acceptors (Lipinski definition) is 0. The molecular formula is C8H20Si. The smallest absolute Gasteiger partial charge is 0.0231 e. The van der Waals surface area contributed by atoms with Gasteiger partial charge in [-0.15, -0.1) is 0 Å². The first-order valence-electron chi connectivity index (χ1n) is 4.35. The Hall–Kier alpha value is 0.217. The van der Waals surface area contributed by atoms with E-state index in [4.69, 9.17) is 0 Å². The minimum Gasteiger partial charge on any atom is -0.0657 e. The van der Waals surface area contributed by atoms with E-state index in [0.717, 1.165) is 5.54 Å². The SMILES string of the molecule is CCC[SiH2]C(CC)CC. The van der Waals surface area contributed by atoms with Gasteiger partial charge in [-0.2, -0.15) is 0 Å². The lowest BCUT2D eigenvalue weighted by Crippen LogP contribution is -1.99.